The number of sulfonamides is 1. The predicted octanol–water partition coefficient (Wildman–Crippen LogP) is 1.82. The average Bonchev–Trinajstić information content (AvgIpc) is 2.70. The molecule has 0 aromatic carbocycles. The van der Waals surface area contributed by atoms with Crippen LogP contribution in [-0.4, -0.2) is 61.6 Å². The first-order valence-corrected chi connectivity index (χ1v) is 12.7. The number of nitrogens with two attached hydrogens (primary N) is 1. The Kier molecular flexibility index (Phi) is 7.92. The van der Waals surface area contributed by atoms with Gasteiger partial charge in [-0.05, 0) is 39.0 Å². The van der Waals surface area contributed by atoms with Crippen molar-refractivity contribution in [2.75, 3.05) is 23.3 Å². The molecular formula is C21H33F2N5O4S. The van der Waals surface area contributed by atoms with Gasteiger partial charge in [-0.25, -0.2) is 26.9 Å². The molecule has 0 spiro atoms. The zero-order valence-corrected chi connectivity index (χ0v) is 19.7. The number of anilines is 2. The van der Waals surface area contributed by atoms with Crippen LogP contribution in [0.25, 0.3) is 0 Å². The molecule has 3 rings (SSSR count). The van der Waals surface area contributed by atoms with E-state index in [1.807, 2.05) is 4.72 Å². The summed E-state index contributed by atoms with van der Waals surface area (Å²) < 4.78 is 52.6. The Bertz CT molecular complexity index is 948. The summed E-state index contributed by atoms with van der Waals surface area (Å²) in [4.78, 5) is 18.1. The molecule has 1 amide bonds. The Morgan fingerprint density at radius 2 is 1.97 bits per heavy atom. The lowest BCUT2D eigenvalue weighted by atomic mass is 9.84. The molecule has 2 fully saturated rings. The Hall–Kier alpha value is -1.89. The lowest BCUT2D eigenvalue weighted by Gasteiger charge is -2.49. The maximum absolute atomic E-state index is 12.7. The molecule has 9 nitrogen and oxygen atoms in total. The number of rotatable bonds is 9. The minimum Gasteiger partial charge on any atom is -0.388 e. The van der Waals surface area contributed by atoms with E-state index in [2.05, 4.69) is 10.3 Å². The number of amides is 1. The molecule has 12 heteroatoms. The summed E-state index contributed by atoms with van der Waals surface area (Å²) in [6.45, 7) is 2.64. The molecule has 2 heterocycles. The van der Waals surface area contributed by atoms with Gasteiger partial charge in [0, 0.05) is 12.6 Å². The fraction of sp³-hybridized carbons (Fsp3) is 0.714. The first-order valence-electron chi connectivity index (χ1n) is 11.2. The quantitative estimate of drug-likeness (QED) is 0.415. The number of carbonyl (C=O) groups excluding carboxylic acids is 1. The summed E-state index contributed by atoms with van der Waals surface area (Å²) >= 11 is 0. The van der Waals surface area contributed by atoms with E-state index in [1.165, 1.54) is 6.07 Å². The summed E-state index contributed by atoms with van der Waals surface area (Å²) in [5.74, 6) is -0.226. The van der Waals surface area contributed by atoms with Crippen LogP contribution in [0.4, 0.5) is 20.3 Å². The van der Waals surface area contributed by atoms with Crippen molar-refractivity contribution >= 4 is 27.4 Å². The second-order valence-corrected chi connectivity index (χ2v) is 11.1. The number of carbonyl (C=O) groups is 1. The van der Waals surface area contributed by atoms with Crippen molar-refractivity contribution in [1.29, 1.82) is 0 Å². The number of alkyl halides is 2. The van der Waals surface area contributed by atoms with E-state index in [9.17, 15) is 27.1 Å². The molecule has 0 unspecified atom stereocenters. The smallest absolute Gasteiger partial charge is 0.251 e. The van der Waals surface area contributed by atoms with Gasteiger partial charge in [-0.15, -0.1) is 0 Å². The van der Waals surface area contributed by atoms with Crippen LogP contribution in [-0.2, 0) is 14.8 Å². The van der Waals surface area contributed by atoms with Gasteiger partial charge in [-0.3, -0.25) is 4.79 Å². The van der Waals surface area contributed by atoms with Gasteiger partial charge in [0.1, 0.15) is 10.7 Å². The number of halogens is 2. The summed E-state index contributed by atoms with van der Waals surface area (Å²) in [5, 5.41) is 13.1. The lowest BCUT2D eigenvalue weighted by Crippen LogP contribution is -2.59. The van der Waals surface area contributed by atoms with E-state index in [-0.39, 0.29) is 22.3 Å². The maximum atomic E-state index is 12.7. The monoisotopic (exact) mass is 489 g/mol. The van der Waals surface area contributed by atoms with Crippen molar-refractivity contribution in [3.05, 3.63) is 12.3 Å². The van der Waals surface area contributed by atoms with E-state index in [0.29, 0.717) is 13.0 Å². The van der Waals surface area contributed by atoms with Crippen molar-refractivity contribution < 1.29 is 27.1 Å². The van der Waals surface area contributed by atoms with E-state index in [0.717, 1.165) is 38.3 Å². The Balaban J connectivity index is 1.88. The zero-order valence-electron chi connectivity index (χ0n) is 18.9. The standard InChI is InChI=1S/C21H33F2N5O4S/c1-21(2,30)16-8-9-28(16)14-10-18(25-11-15(14)33(31,32)26-12-17(22)23)27-20(29)19(24)13-6-4-3-5-7-13/h10-11,13,16-17,19,26,30H,3-9,12,24H2,1-2H3,(H,25,27,29)/t16-,19-/m0/s1. The van der Waals surface area contributed by atoms with Crippen LogP contribution in [0.1, 0.15) is 52.4 Å². The SMILES string of the molecule is CC(C)(O)[C@@H]1CCN1c1cc(NC(=O)[C@@H](N)C2CCCCC2)ncc1S(=O)(=O)NCC(F)F. The van der Waals surface area contributed by atoms with E-state index in [1.54, 1.807) is 18.7 Å². The molecular weight excluding hydrogens is 456 g/mol. The third kappa shape index (κ3) is 6.17. The molecule has 1 saturated heterocycles. The number of aliphatic hydroxyl groups is 1. The predicted molar refractivity (Wildman–Crippen MR) is 121 cm³/mol. The normalized spacial score (nSPS) is 21.1. The van der Waals surface area contributed by atoms with Crippen molar-refractivity contribution in [1.82, 2.24) is 9.71 Å². The van der Waals surface area contributed by atoms with E-state index < -0.39 is 46.6 Å². The fourth-order valence-electron chi connectivity index (χ4n) is 4.51. The largest absolute Gasteiger partial charge is 0.388 e. The lowest BCUT2D eigenvalue weighted by molar-refractivity contribution is -0.118. The van der Waals surface area contributed by atoms with Crippen LogP contribution in [0.2, 0.25) is 0 Å². The van der Waals surface area contributed by atoms with Crippen molar-refractivity contribution in [3.8, 4) is 0 Å². The Morgan fingerprint density at radius 1 is 1.30 bits per heavy atom. The summed E-state index contributed by atoms with van der Waals surface area (Å²) in [6.07, 6.45) is 3.73. The number of nitrogens with one attached hydrogen (secondary N) is 2. The summed E-state index contributed by atoms with van der Waals surface area (Å²) in [7, 11) is -4.31. The molecule has 1 aromatic rings. The molecule has 1 aliphatic heterocycles. The third-order valence-corrected chi connectivity index (χ3v) is 7.86. The molecule has 2 atom stereocenters. The van der Waals surface area contributed by atoms with Crippen LogP contribution >= 0.6 is 0 Å². The van der Waals surface area contributed by atoms with Crippen LogP contribution in [0.15, 0.2) is 17.2 Å². The van der Waals surface area contributed by atoms with Gasteiger partial charge in [0.05, 0.1) is 36.1 Å². The molecule has 0 radical (unpaired) electrons. The van der Waals surface area contributed by atoms with Gasteiger partial charge in [0.15, 0.2) is 0 Å². The van der Waals surface area contributed by atoms with Crippen LogP contribution < -0.4 is 20.7 Å². The first kappa shape index (κ1) is 25.7. The second-order valence-electron chi connectivity index (χ2n) is 9.34. The van der Waals surface area contributed by atoms with Crippen molar-refractivity contribution in [2.45, 2.75) is 81.4 Å². The number of hydrogen-bond acceptors (Lipinski definition) is 7. The minimum atomic E-state index is -4.31. The first-order chi connectivity index (χ1) is 15.4. The zero-order chi connectivity index (χ0) is 24.4. The molecule has 33 heavy (non-hydrogen) atoms. The second kappa shape index (κ2) is 10.2. The van der Waals surface area contributed by atoms with Gasteiger partial charge in [0.25, 0.3) is 6.43 Å². The highest BCUT2D eigenvalue weighted by Crippen LogP contribution is 2.37. The van der Waals surface area contributed by atoms with Crippen molar-refractivity contribution in [2.24, 2.45) is 11.7 Å². The van der Waals surface area contributed by atoms with Crippen LogP contribution in [0.5, 0.6) is 0 Å². The van der Waals surface area contributed by atoms with Gasteiger partial charge < -0.3 is 21.1 Å². The molecule has 0 bridgehead atoms. The number of hydrogen-bond donors (Lipinski definition) is 4. The molecule has 1 aliphatic carbocycles. The molecule has 186 valence electrons. The number of nitrogens with zero attached hydrogens (tertiary/aromatic N) is 2. The van der Waals surface area contributed by atoms with Gasteiger partial charge in [0.2, 0.25) is 15.9 Å². The third-order valence-electron chi connectivity index (χ3n) is 6.42. The molecule has 2 aliphatic rings. The fourth-order valence-corrected chi connectivity index (χ4v) is 5.65. The minimum absolute atomic E-state index is 0.0753. The highest BCUT2D eigenvalue weighted by Gasteiger charge is 2.41. The average molecular weight is 490 g/mol. The highest BCUT2D eigenvalue weighted by molar-refractivity contribution is 7.89. The van der Waals surface area contributed by atoms with Gasteiger partial charge in [-0.2, -0.15) is 0 Å². The van der Waals surface area contributed by atoms with Crippen molar-refractivity contribution in [3.63, 3.8) is 0 Å². The molecule has 1 aromatic heterocycles. The van der Waals surface area contributed by atoms with Crippen LogP contribution in [0.3, 0.4) is 0 Å². The molecule has 5 N–H and O–H groups in total. The number of aromatic nitrogens is 1. The Labute approximate surface area is 193 Å². The van der Waals surface area contributed by atoms with Gasteiger partial charge >= 0.3 is 0 Å². The topological polar surface area (TPSA) is 138 Å². The maximum Gasteiger partial charge on any atom is 0.251 e. The summed E-state index contributed by atoms with van der Waals surface area (Å²) in [5.41, 5.74) is 5.20. The number of pyridine rings is 1. The van der Waals surface area contributed by atoms with E-state index >= 15 is 0 Å². The van der Waals surface area contributed by atoms with E-state index in [4.69, 9.17) is 5.73 Å². The van der Waals surface area contributed by atoms with Gasteiger partial charge in [-0.1, -0.05) is 19.3 Å². The molecule has 1 saturated carbocycles. The van der Waals surface area contributed by atoms with Crippen LogP contribution in [0, 0.1) is 5.92 Å². The highest BCUT2D eigenvalue weighted by atomic mass is 32.2. The Morgan fingerprint density at radius 3 is 2.52 bits per heavy atom. The summed E-state index contributed by atoms with van der Waals surface area (Å²) in [6, 6.07) is 0.289.